The van der Waals surface area contributed by atoms with Crippen LogP contribution in [0.25, 0.3) is 5.57 Å². The quantitative estimate of drug-likeness (QED) is 0.882. The minimum Gasteiger partial charge on any atom is -0.497 e. The molecule has 1 aliphatic rings. The Balaban J connectivity index is 2.49. The van der Waals surface area contributed by atoms with Gasteiger partial charge in [-0.15, -0.1) is 0 Å². The average molecular weight is 245 g/mol. The van der Waals surface area contributed by atoms with E-state index in [-0.39, 0.29) is 5.41 Å². The van der Waals surface area contributed by atoms with E-state index >= 15 is 0 Å². The summed E-state index contributed by atoms with van der Waals surface area (Å²) < 4.78 is 5.31. The Morgan fingerprint density at radius 3 is 2.78 bits per heavy atom. The summed E-state index contributed by atoms with van der Waals surface area (Å²) in [5, 5.41) is 0. The highest BCUT2D eigenvalue weighted by Crippen LogP contribution is 2.43. The summed E-state index contributed by atoms with van der Waals surface area (Å²) in [6.07, 6.45) is 3.60. The van der Waals surface area contributed by atoms with Crippen molar-refractivity contribution in [3.8, 4) is 5.75 Å². The molecular weight excluding hydrogens is 222 g/mol. The molecule has 0 atom stereocenters. The zero-order valence-electron chi connectivity index (χ0n) is 11.6. The second kappa shape index (κ2) is 5.15. The fraction of sp³-hybridized carbons (Fsp3) is 0.500. The van der Waals surface area contributed by atoms with Crippen LogP contribution in [0.3, 0.4) is 0 Å². The van der Waals surface area contributed by atoms with Crippen LogP contribution in [0, 0.1) is 5.41 Å². The summed E-state index contributed by atoms with van der Waals surface area (Å²) >= 11 is 0. The van der Waals surface area contributed by atoms with Gasteiger partial charge in [0, 0.05) is 6.54 Å². The van der Waals surface area contributed by atoms with Crippen molar-refractivity contribution >= 4 is 5.57 Å². The number of hydrogen-bond acceptors (Lipinski definition) is 2. The highest BCUT2D eigenvalue weighted by Gasteiger charge is 2.29. The molecule has 0 radical (unpaired) electrons. The molecule has 98 valence electrons. The van der Waals surface area contributed by atoms with Crippen LogP contribution in [0.2, 0.25) is 0 Å². The van der Waals surface area contributed by atoms with E-state index in [1.807, 2.05) is 6.07 Å². The van der Waals surface area contributed by atoms with Crippen molar-refractivity contribution in [1.29, 1.82) is 0 Å². The van der Waals surface area contributed by atoms with Gasteiger partial charge in [0.05, 0.1) is 7.11 Å². The fourth-order valence-corrected chi connectivity index (χ4v) is 2.95. The van der Waals surface area contributed by atoms with Gasteiger partial charge in [-0.05, 0) is 53.5 Å². The van der Waals surface area contributed by atoms with Gasteiger partial charge in [-0.2, -0.15) is 0 Å². The summed E-state index contributed by atoms with van der Waals surface area (Å²) in [6.45, 7) is 5.25. The maximum Gasteiger partial charge on any atom is 0.119 e. The summed E-state index contributed by atoms with van der Waals surface area (Å²) in [5.74, 6) is 0.916. The van der Waals surface area contributed by atoms with E-state index in [4.69, 9.17) is 10.5 Å². The number of methoxy groups -OCH3 is 1. The maximum absolute atomic E-state index is 5.99. The topological polar surface area (TPSA) is 35.2 Å². The highest BCUT2D eigenvalue weighted by molar-refractivity contribution is 5.71. The van der Waals surface area contributed by atoms with E-state index < -0.39 is 0 Å². The monoisotopic (exact) mass is 245 g/mol. The van der Waals surface area contributed by atoms with Crippen molar-refractivity contribution in [2.75, 3.05) is 13.7 Å². The summed E-state index contributed by atoms with van der Waals surface area (Å²) in [6, 6.07) is 8.32. The molecule has 0 saturated heterocycles. The minimum atomic E-state index is 0.228. The molecule has 1 aromatic carbocycles. The van der Waals surface area contributed by atoms with Crippen LogP contribution in [0.1, 0.15) is 38.7 Å². The van der Waals surface area contributed by atoms with E-state index in [0.29, 0.717) is 6.54 Å². The molecule has 0 aliphatic heterocycles. The first-order valence-electron chi connectivity index (χ1n) is 6.65. The first kappa shape index (κ1) is 13.2. The second-order valence-electron chi connectivity index (χ2n) is 5.63. The zero-order chi connectivity index (χ0) is 13.2. The number of ether oxygens (including phenoxy) is 1. The van der Waals surface area contributed by atoms with E-state index in [2.05, 4.69) is 32.0 Å². The molecular formula is C16H23NO. The molecule has 0 heterocycles. The molecule has 0 aromatic heterocycles. The van der Waals surface area contributed by atoms with Gasteiger partial charge in [0.2, 0.25) is 0 Å². The summed E-state index contributed by atoms with van der Waals surface area (Å²) in [7, 11) is 1.71. The third-order valence-corrected chi connectivity index (χ3v) is 4.03. The predicted molar refractivity (Wildman–Crippen MR) is 76.6 cm³/mol. The molecule has 2 N–H and O–H groups in total. The van der Waals surface area contributed by atoms with Crippen LogP contribution < -0.4 is 10.5 Å². The lowest BCUT2D eigenvalue weighted by molar-refractivity contribution is 0.376. The Hall–Kier alpha value is -1.28. The molecule has 0 fully saturated rings. The molecule has 0 unspecified atom stereocenters. The Labute approximate surface area is 110 Å². The van der Waals surface area contributed by atoms with Gasteiger partial charge in [-0.3, -0.25) is 0 Å². The normalized spacial score (nSPS) is 18.9. The summed E-state index contributed by atoms with van der Waals surface area (Å²) in [5.41, 5.74) is 10.3. The SMILES string of the molecule is COc1cccc(C2=C(CN)C(C)(C)CCC2)c1. The molecule has 0 amide bonds. The lowest BCUT2D eigenvalue weighted by atomic mass is 9.71. The number of nitrogens with two attached hydrogens (primary N) is 1. The van der Waals surface area contributed by atoms with Crippen molar-refractivity contribution in [2.45, 2.75) is 33.1 Å². The third kappa shape index (κ3) is 2.44. The lowest BCUT2D eigenvalue weighted by Crippen LogP contribution is -2.26. The second-order valence-corrected chi connectivity index (χ2v) is 5.63. The van der Waals surface area contributed by atoms with E-state index in [1.165, 1.54) is 29.6 Å². The Morgan fingerprint density at radius 1 is 1.33 bits per heavy atom. The molecule has 2 heteroatoms. The maximum atomic E-state index is 5.99. The first-order chi connectivity index (χ1) is 8.58. The van der Waals surface area contributed by atoms with Crippen molar-refractivity contribution < 1.29 is 4.74 Å². The highest BCUT2D eigenvalue weighted by atomic mass is 16.5. The molecule has 0 spiro atoms. The smallest absolute Gasteiger partial charge is 0.119 e. The van der Waals surface area contributed by atoms with E-state index in [9.17, 15) is 0 Å². The number of allylic oxidation sites excluding steroid dienone is 1. The van der Waals surface area contributed by atoms with Crippen LogP contribution >= 0.6 is 0 Å². The Kier molecular flexibility index (Phi) is 3.76. The van der Waals surface area contributed by atoms with Crippen LogP contribution in [0.5, 0.6) is 5.75 Å². The van der Waals surface area contributed by atoms with Crippen LogP contribution in [0.4, 0.5) is 0 Å². The summed E-state index contributed by atoms with van der Waals surface area (Å²) in [4.78, 5) is 0. The first-order valence-corrected chi connectivity index (χ1v) is 6.65. The number of hydrogen-bond donors (Lipinski definition) is 1. The van der Waals surface area contributed by atoms with Crippen molar-refractivity contribution in [3.05, 3.63) is 35.4 Å². The van der Waals surface area contributed by atoms with Crippen LogP contribution in [-0.2, 0) is 0 Å². The van der Waals surface area contributed by atoms with Gasteiger partial charge < -0.3 is 10.5 Å². The van der Waals surface area contributed by atoms with E-state index in [1.54, 1.807) is 7.11 Å². The van der Waals surface area contributed by atoms with Gasteiger partial charge in [0.25, 0.3) is 0 Å². The third-order valence-electron chi connectivity index (χ3n) is 4.03. The molecule has 0 bridgehead atoms. The largest absolute Gasteiger partial charge is 0.497 e. The Morgan fingerprint density at radius 2 is 2.11 bits per heavy atom. The molecule has 18 heavy (non-hydrogen) atoms. The number of rotatable bonds is 3. The predicted octanol–water partition coefficient (Wildman–Crippen LogP) is 3.62. The van der Waals surface area contributed by atoms with Crippen molar-refractivity contribution in [1.82, 2.24) is 0 Å². The van der Waals surface area contributed by atoms with Gasteiger partial charge in [-0.1, -0.05) is 26.0 Å². The van der Waals surface area contributed by atoms with Gasteiger partial charge in [0.15, 0.2) is 0 Å². The molecule has 2 nitrogen and oxygen atoms in total. The van der Waals surface area contributed by atoms with Crippen LogP contribution in [-0.4, -0.2) is 13.7 Å². The standard InChI is InChI=1S/C16H23NO/c1-16(2)9-5-8-14(15(16)11-17)12-6-4-7-13(10-12)18-3/h4,6-7,10H,5,8-9,11,17H2,1-3H3. The molecule has 1 aromatic rings. The van der Waals surface area contributed by atoms with Crippen LogP contribution in [0.15, 0.2) is 29.8 Å². The van der Waals surface area contributed by atoms with Crippen molar-refractivity contribution in [3.63, 3.8) is 0 Å². The molecule has 0 saturated carbocycles. The molecule has 1 aliphatic carbocycles. The van der Waals surface area contributed by atoms with Gasteiger partial charge in [-0.25, -0.2) is 0 Å². The fourth-order valence-electron chi connectivity index (χ4n) is 2.95. The number of benzene rings is 1. The van der Waals surface area contributed by atoms with Crippen molar-refractivity contribution in [2.24, 2.45) is 11.1 Å². The minimum absolute atomic E-state index is 0.228. The van der Waals surface area contributed by atoms with Gasteiger partial charge >= 0.3 is 0 Å². The van der Waals surface area contributed by atoms with E-state index in [0.717, 1.165) is 12.2 Å². The average Bonchev–Trinajstić information content (AvgIpc) is 2.37. The Bertz CT molecular complexity index is 460. The van der Waals surface area contributed by atoms with Gasteiger partial charge in [0.1, 0.15) is 5.75 Å². The molecule has 2 rings (SSSR count). The lowest BCUT2D eigenvalue weighted by Gasteiger charge is -2.35. The zero-order valence-corrected chi connectivity index (χ0v) is 11.6.